The van der Waals surface area contributed by atoms with Gasteiger partial charge in [0.05, 0.1) is 23.6 Å². The van der Waals surface area contributed by atoms with E-state index < -0.39 is 17.2 Å². The van der Waals surface area contributed by atoms with Gasteiger partial charge >= 0.3 is 11.7 Å². The maximum Gasteiger partial charge on any atom is 0.337 e. The molecule has 2 aromatic carbocycles. The number of likely N-dealkylation sites (tertiary alicyclic amines) is 1. The average molecular weight is 507 g/mol. The Hall–Kier alpha value is -3.72. The third-order valence-corrected chi connectivity index (χ3v) is 6.89. The third-order valence-electron chi connectivity index (χ3n) is 6.89. The third kappa shape index (κ3) is 6.95. The number of aromatic amines is 1. The van der Waals surface area contributed by atoms with E-state index >= 15 is 0 Å². The molecule has 9 heteroatoms. The quantitative estimate of drug-likeness (QED) is 0.323. The van der Waals surface area contributed by atoms with Crippen LogP contribution in [0.4, 0.5) is 0 Å². The van der Waals surface area contributed by atoms with Gasteiger partial charge in [0.1, 0.15) is 0 Å². The number of piperidine rings is 1. The summed E-state index contributed by atoms with van der Waals surface area (Å²) >= 11 is 0. The summed E-state index contributed by atoms with van der Waals surface area (Å²) in [7, 11) is 1.27. The van der Waals surface area contributed by atoms with Crippen LogP contribution in [0.2, 0.25) is 0 Å². The van der Waals surface area contributed by atoms with Crippen LogP contribution in [0.15, 0.2) is 58.1 Å². The van der Waals surface area contributed by atoms with Crippen molar-refractivity contribution in [1.82, 2.24) is 19.8 Å². The van der Waals surface area contributed by atoms with Gasteiger partial charge in [-0.05, 0) is 49.4 Å². The first-order valence-electron chi connectivity index (χ1n) is 12.9. The fraction of sp³-hybridized carbons (Fsp3) is 0.429. The highest BCUT2D eigenvalue weighted by atomic mass is 16.5. The lowest BCUT2D eigenvalue weighted by atomic mass is 10.0. The first-order chi connectivity index (χ1) is 17.9. The largest absolute Gasteiger partial charge is 0.465 e. The number of ether oxygens (including phenoxy) is 1. The zero-order chi connectivity index (χ0) is 26.2. The number of fused-ring (bicyclic) bond motifs is 1. The summed E-state index contributed by atoms with van der Waals surface area (Å²) in [5.41, 5.74) is 0.962. The van der Waals surface area contributed by atoms with Gasteiger partial charge < -0.3 is 15.0 Å². The van der Waals surface area contributed by atoms with Crippen LogP contribution in [0.3, 0.4) is 0 Å². The van der Waals surface area contributed by atoms with Crippen LogP contribution in [-0.4, -0.2) is 52.6 Å². The second kappa shape index (κ2) is 12.5. The molecule has 0 bridgehead atoms. The van der Waals surface area contributed by atoms with E-state index in [1.807, 2.05) is 6.07 Å². The smallest absolute Gasteiger partial charge is 0.337 e. The minimum absolute atomic E-state index is 0.0589. The summed E-state index contributed by atoms with van der Waals surface area (Å²) in [6, 6.07) is 15.1. The Morgan fingerprint density at radius 2 is 1.78 bits per heavy atom. The summed E-state index contributed by atoms with van der Waals surface area (Å²) in [4.78, 5) is 54.4. The topological polar surface area (TPSA) is 114 Å². The summed E-state index contributed by atoms with van der Waals surface area (Å²) in [5, 5.41) is 3.49. The summed E-state index contributed by atoms with van der Waals surface area (Å²) in [6.07, 6.45) is 4.37. The second-order valence-electron chi connectivity index (χ2n) is 9.55. The molecule has 1 fully saturated rings. The first-order valence-corrected chi connectivity index (χ1v) is 12.9. The number of hydrogen-bond acceptors (Lipinski definition) is 6. The lowest BCUT2D eigenvalue weighted by molar-refractivity contribution is -0.122. The van der Waals surface area contributed by atoms with Gasteiger partial charge in [-0.1, -0.05) is 36.8 Å². The molecule has 0 radical (unpaired) electrons. The normalized spacial score (nSPS) is 14.5. The average Bonchev–Trinajstić information content (AvgIpc) is 2.91. The minimum Gasteiger partial charge on any atom is -0.465 e. The number of methoxy groups -OCH3 is 1. The van der Waals surface area contributed by atoms with Gasteiger partial charge in [-0.2, -0.15) is 0 Å². The lowest BCUT2D eigenvalue weighted by Gasteiger charge is -2.32. The molecule has 1 aromatic heterocycles. The van der Waals surface area contributed by atoms with Crippen molar-refractivity contribution in [2.45, 2.75) is 57.7 Å². The summed E-state index contributed by atoms with van der Waals surface area (Å²) < 4.78 is 5.85. The fourth-order valence-electron chi connectivity index (χ4n) is 4.81. The number of carbonyl (C=O) groups is 2. The van der Waals surface area contributed by atoms with Crippen molar-refractivity contribution < 1.29 is 14.3 Å². The number of unbranched alkanes of at least 4 members (excludes halogenated alkanes) is 2. The Morgan fingerprint density at radius 1 is 1.03 bits per heavy atom. The Bertz CT molecular complexity index is 1340. The van der Waals surface area contributed by atoms with Gasteiger partial charge in [0.15, 0.2) is 0 Å². The predicted molar refractivity (Wildman–Crippen MR) is 142 cm³/mol. The zero-order valence-electron chi connectivity index (χ0n) is 21.2. The predicted octanol–water partition coefficient (Wildman–Crippen LogP) is 2.82. The van der Waals surface area contributed by atoms with Crippen LogP contribution in [0, 0.1) is 0 Å². The Morgan fingerprint density at radius 3 is 2.51 bits per heavy atom. The lowest BCUT2D eigenvalue weighted by Crippen LogP contribution is -2.44. The van der Waals surface area contributed by atoms with Crippen molar-refractivity contribution in [2.75, 3.05) is 20.2 Å². The van der Waals surface area contributed by atoms with Gasteiger partial charge in [-0.25, -0.2) is 9.59 Å². The van der Waals surface area contributed by atoms with Gasteiger partial charge in [-0.15, -0.1) is 0 Å². The van der Waals surface area contributed by atoms with E-state index in [4.69, 9.17) is 0 Å². The molecule has 4 rings (SSSR count). The molecule has 0 aliphatic carbocycles. The summed E-state index contributed by atoms with van der Waals surface area (Å²) in [6.45, 7) is 3.15. The molecule has 0 unspecified atom stereocenters. The minimum atomic E-state index is -0.538. The number of amides is 1. The second-order valence-corrected chi connectivity index (χ2v) is 9.55. The van der Waals surface area contributed by atoms with Crippen molar-refractivity contribution in [3.63, 3.8) is 0 Å². The number of carbonyl (C=O) groups excluding carboxylic acids is 2. The van der Waals surface area contributed by atoms with Crippen molar-refractivity contribution >= 4 is 22.8 Å². The number of nitrogens with zero attached hydrogens (tertiary/aromatic N) is 2. The molecule has 1 amide bonds. The number of nitrogens with one attached hydrogen (secondary N) is 2. The molecule has 2 heterocycles. The highest BCUT2D eigenvalue weighted by Gasteiger charge is 2.20. The molecule has 37 heavy (non-hydrogen) atoms. The van der Waals surface area contributed by atoms with Crippen LogP contribution in [0.1, 0.15) is 54.4 Å². The highest BCUT2D eigenvalue weighted by Crippen LogP contribution is 2.15. The molecule has 1 aliphatic rings. The molecule has 0 saturated carbocycles. The van der Waals surface area contributed by atoms with Crippen LogP contribution < -0.4 is 16.6 Å². The van der Waals surface area contributed by atoms with Gasteiger partial charge in [0.25, 0.3) is 5.56 Å². The van der Waals surface area contributed by atoms with E-state index in [-0.39, 0.29) is 24.1 Å². The molecule has 196 valence electrons. The van der Waals surface area contributed by atoms with E-state index in [0.29, 0.717) is 30.2 Å². The molecule has 3 aromatic rings. The Balaban J connectivity index is 1.18. The molecule has 9 nitrogen and oxygen atoms in total. The number of esters is 1. The van der Waals surface area contributed by atoms with Crippen LogP contribution in [-0.2, 0) is 22.6 Å². The standard InChI is InChI=1S/C28H34N4O5/c1-37-27(35)21-11-12-23-24(18-21)30-28(36)32(26(23)34)15-7-3-6-10-25(33)29-22-13-16-31(17-14-22)19-20-8-4-2-5-9-20/h2,4-5,8-9,11-12,18,22H,3,6-7,10,13-17,19H2,1H3,(H,29,33)(H,30,36). The molecular weight excluding hydrogens is 472 g/mol. The number of hydrogen-bond donors (Lipinski definition) is 2. The molecule has 0 spiro atoms. The SMILES string of the molecule is COC(=O)c1ccc2c(=O)n(CCCCCC(=O)NC3CCN(Cc4ccccc4)CC3)c(=O)[nH]c2c1. The molecule has 2 N–H and O–H groups in total. The number of benzene rings is 2. The van der Waals surface area contributed by atoms with E-state index in [2.05, 4.69) is 44.2 Å². The fourth-order valence-corrected chi connectivity index (χ4v) is 4.81. The first kappa shape index (κ1) is 26.3. The maximum absolute atomic E-state index is 12.8. The van der Waals surface area contributed by atoms with Crippen molar-refractivity contribution in [3.8, 4) is 0 Å². The van der Waals surface area contributed by atoms with E-state index in [1.54, 1.807) is 0 Å². The van der Waals surface area contributed by atoms with E-state index in [0.717, 1.165) is 38.9 Å². The van der Waals surface area contributed by atoms with Gasteiger partial charge in [0.2, 0.25) is 5.91 Å². The Kier molecular flexibility index (Phi) is 8.90. The Labute approximate surface area is 215 Å². The number of rotatable bonds is 10. The highest BCUT2D eigenvalue weighted by molar-refractivity contribution is 5.93. The molecule has 1 saturated heterocycles. The number of H-pyrrole nitrogens is 1. The van der Waals surface area contributed by atoms with E-state index in [9.17, 15) is 19.2 Å². The van der Waals surface area contributed by atoms with Gasteiger partial charge in [0, 0.05) is 38.6 Å². The summed E-state index contributed by atoms with van der Waals surface area (Å²) in [5.74, 6) is -0.479. The van der Waals surface area contributed by atoms with Crippen LogP contribution in [0.5, 0.6) is 0 Å². The number of aromatic nitrogens is 2. The zero-order valence-corrected chi connectivity index (χ0v) is 21.2. The molecule has 1 aliphatic heterocycles. The van der Waals surface area contributed by atoms with Crippen molar-refractivity contribution in [3.05, 3.63) is 80.5 Å². The van der Waals surface area contributed by atoms with E-state index in [1.165, 1.54) is 35.4 Å². The van der Waals surface area contributed by atoms with Crippen LogP contribution in [0.25, 0.3) is 10.9 Å². The van der Waals surface area contributed by atoms with Crippen molar-refractivity contribution in [1.29, 1.82) is 0 Å². The maximum atomic E-state index is 12.8. The monoisotopic (exact) mass is 506 g/mol. The molecule has 0 atom stereocenters. The molecular formula is C28H34N4O5. The van der Waals surface area contributed by atoms with Crippen molar-refractivity contribution in [2.24, 2.45) is 0 Å². The van der Waals surface area contributed by atoms with Crippen LogP contribution >= 0.6 is 0 Å². The van der Waals surface area contributed by atoms with Gasteiger partial charge in [-0.3, -0.25) is 19.1 Å².